The average Bonchev–Trinajstić information content (AvgIpc) is 3.02. The fourth-order valence-corrected chi connectivity index (χ4v) is 4.07. The van der Waals surface area contributed by atoms with Crippen molar-refractivity contribution < 1.29 is 13.6 Å². The molecule has 4 nitrogen and oxygen atoms in total. The van der Waals surface area contributed by atoms with Crippen molar-refractivity contribution >= 4 is 32.7 Å². The van der Waals surface area contributed by atoms with Gasteiger partial charge in [0.05, 0.1) is 12.5 Å². The van der Waals surface area contributed by atoms with Gasteiger partial charge in [0.2, 0.25) is 0 Å². The molecule has 0 aliphatic heterocycles. The summed E-state index contributed by atoms with van der Waals surface area (Å²) in [6, 6.07) is 7.69. The van der Waals surface area contributed by atoms with Crippen molar-refractivity contribution in [3.8, 4) is 5.75 Å². The maximum absolute atomic E-state index is 12.5. The smallest absolute Gasteiger partial charge is 0.344 e. The standard InChI is InChI=1S/C21H18O4/c1-11-19-16(14-5-3-4-6-18(14)24-19)10-15-13-8-7-12(23-2)9-17(13)21(22)25-20(11)15/h7-10H,3-6H2,1-2H3. The molecule has 1 aliphatic carbocycles. The molecule has 0 bridgehead atoms. The third-order valence-electron chi connectivity index (χ3n) is 5.36. The van der Waals surface area contributed by atoms with Gasteiger partial charge in [-0.2, -0.15) is 0 Å². The van der Waals surface area contributed by atoms with Crippen molar-refractivity contribution in [3.63, 3.8) is 0 Å². The average molecular weight is 334 g/mol. The summed E-state index contributed by atoms with van der Waals surface area (Å²) in [6.07, 6.45) is 4.40. The van der Waals surface area contributed by atoms with E-state index in [1.165, 1.54) is 18.4 Å². The summed E-state index contributed by atoms with van der Waals surface area (Å²) in [6.45, 7) is 1.97. The van der Waals surface area contributed by atoms with Crippen molar-refractivity contribution in [2.75, 3.05) is 7.11 Å². The lowest BCUT2D eigenvalue weighted by Crippen LogP contribution is -2.01. The zero-order valence-electron chi connectivity index (χ0n) is 14.3. The van der Waals surface area contributed by atoms with E-state index < -0.39 is 0 Å². The summed E-state index contributed by atoms with van der Waals surface area (Å²) in [5, 5.41) is 3.55. The van der Waals surface area contributed by atoms with Crippen LogP contribution in [0, 0.1) is 6.92 Å². The van der Waals surface area contributed by atoms with Crippen molar-refractivity contribution in [3.05, 3.63) is 51.6 Å². The second-order valence-corrected chi connectivity index (χ2v) is 6.77. The predicted molar refractivity (Wildman–Crippen MR) is 97.7 cm³/mol. The number of rotatable bonds is 1. The quantitative estimate of drug-likeness (QED) is 0.367. The van der Waals surface area contributed by atoms with Crippen LogP contribution < -0.4 is 10.4 Å². The van der Waals surface area contributed by atoms with Crippen molar-refractivity contribution in [2.45, 2.75) is 32.6 Å². The molecule has 0 amide bonds. The number of methoxy groups -OCH3 is 1. The molecule has 4 aromatic rings. The van der Waals surface area contributed by atoms with E-state index in [9.17, 15) is 4.79 Å². The summed E-state index contributed by atoms with van der Waals surface area (Å²) in [5.41, 5.74) is 3.34. The Bertz CT molecular complexity index is 1210. The van der Waals surface area contributed by atoms with Gasteiger partial charge >= 0.3 is 5.63 Å². The molecule has 2 aromatic carbocycles. The molecule has 5 rings (SSSR count). The summed E-state index contributed by atoms with van der Waals surface area (Å²) in [4.78, 5) is 12.5. The number of hydrogen-bond acceptors (Lipinski definition) is 4. The number of hydrogen-bond donors (Lipinski definition) is 0. The molecule has 0 N–H and O–H groups in total. The van der Waals surface area contributed by atoms with Gasteiger partial charge in [-0.3, -0.25) is 0 Å². The van der Waals surface area contributed by atoms with E-state index in [1.54, 1.807) is 13.2 Å². The van der Waals surface area contributed by atoms with Crippen LogP contribution >= 0.6 is 0 Å². The van der Waals surface area contributed by atoms with Crippen LogP contribution in [0.5, 0.6) is 5.75 Å². The van der Waals surface area contributed by atoms with Crippen LogP contribution in [0.1, 0.15) is 29.7 Å². The summed E-state index contributed by atoms with van der Waals surface area (Å²) in [7, 11) is 1.59. The highest BCUT2D eigenvalue weighted by Crippen LogP contribution is 2.38. The lowest BCUT2D eigenvalue weighted by atomic mass is 9.94. The van der Waals surface area contributed by atoms with Crippen LogP contribution in [0.25, 0.3) is 32.7 Å². The van der Waals surface area contributed by atoms with Crippen molar-refractivity contribution in [1.82, 2.24) is 0 Å². The minimum Gasteiger partial charge on any atom is -0.497 e. The number of aryl methyl sites for hydroxylation is 3. The summed E-state index contributed by atoms with van der Waals surface area (Å²) < 4.78 is 17.1. The summed E-state index contributed by atoms with van der Waals surface area (Å²) in [5.74, 6) is 1.74. The zero-order valence-corrected chi connectivity index (χ0v) is 14.3. The van der Waals surface area contributed by atoms with Gasteiger partial charge in [-0.15, -0.1) is 0 Å². The predicted octanol–water partition coefficient (Wildman–Crippen LogP) is 4.89. The van der Waals surface area contributed by atoms with Gasteiger partial charge in [-0.1, -0.05) is 0 Å². The molecular weight excluding hydrogens is 316 g/mol. The van der Waals surface area contributed by atoms with E-state index in [0.29, 0.717) is 16.7 Å². The molecular formula is C21H18O4. The molecule has 0 saturated heterocycles. The maximum atomic E-state index is 12.5. The third kappa shape index (κ3) is 1.97. The molecule has 0 saturated carbocycles. The molecule has 0 unspecified atom stereocenters. The normalized spacial score (nSPS) is 14.3. The first-order chi connectivity index (χ1) is 12.2. The Morgan fingerprint density at radius 1 is 0.920 bits per heavy atom. The second kappa shape index (κ2) is 5.12. The van der Waals surface area contributed by atoms with Gasteiger partial charge in [0.1, 0.15) is 22.7 Å². The van der Waals surface area contributed by atoms with Crippen LogP contribution in [0.2, 0.25) is 0 Å². The lowest BCUT2D eigenvalue weighted by Gasteiger charge is -2.09. The highest BCUT2D eigenvalue weighted by molar-refractivity contribution is 6.11. The molecule has 0 radical (unpaired) electrons. The largest absolute Gasteiger partial charge is 0.497 e. The second-order valence-electron chi connectivity index (χ2n) is 6.77. The molecule has 126 valence electrons. The van der Waals surface area contributed by atoms with Crippen LogP contribution in [0.3, 0.4) is 0 Å². The van der Waals surface area contributed by atoms with Crippen LogP contribution in [-0.4, -0.2) is 7.11 Å². The van der Waals surface area contributed by atoms with E-state index in [-0.39, 0.29) is 5.63 Å². The van der Waals surface area contributed by atoms with E-state index >= 15 is 0 Å². The van der Waals surface area contributed by atoms with Gasteiger partial charge in [0.25, 0.3) is 0 Å². The monoisotopic (exact) mass is 334 g/mol. The minimum absolute atomic E-state index is 0.347. The van der Waals surface area contributed by atoms with Crippen LogP contribution in [-0.2, 0) is 12.8 Å². The van der Waals surface area contributed by atoms with Crippen molar-refractivity contribution in [1.29, 1.82) is 0 Å². The van der Waals surface area contributed by atoms with Crippen LogP contribution in [0.4, 0.5) is 0 Å². The molecule has 1 aliphatic rings. The fraction of sp³-hybridized carbons (Fsp3) is 0.286. The highest BCUT2D eigenvalue weighted by Gasteiger charge is 2.22. The molecule has 2 aromatic heterocycles. The number of ether oxygens (including phenoxy) is 1. The Morgan fingerprint density at radius 3 is 2.56 bits per heavy atom. The minimum atomic E-state index is -0.347. The molecule has 4 heteroatoms. The van der Waals surface area contributed by atoms with Gasteiger partial charge in [-0.05, 0) is 50.5 Å². The Morgan fingerprint density at radius 2 is 1.72 bits per heavy atom. The first-order valence-electron chi connectivity index (χ1n) is 8.66. The van der Waals surface area contributed by atoms with E-state index in [2.05, 4.69) is 6.07 Å². The SMILES string of the molecule is COc1ccc2c(c1)c(=O)oc1c(C)c3oc4c(c3cc12)CCCC4. The number of furan rings is 1. The fourth-order valence-electron chi connectivity index (χ4n) is 4.07. The lowest BCUT2D eigenvalue weighted by molar-refractivity contribution is 0.415. The van der Waals surface area contributed by atoms with Crippen molar-refractivity contribution in [2.24, 2.45) is 0 Å². The first kappa shape index (κ1) is 14.6. The Balaban J connectivity index is 1.97. The van der Waals surface area contributed by atoms with Gasteiger partial charge in [-0.25, -0.2) is 4.79 Å². The first-order valence-corrected chi connectivity index (χ1v) is 8.66. The van der Waals surface area contributed by atoms with E-state index in [0.717, 1.165) is 45.9 Å². The topological polar surface area (TPSA) is 52.6 Å². The van der Waals surface area contributed by atoms with Gasteiger partial charge in [0.15, 0.2) is 0 Å². The maximum Gasteiger partial charge on any atom is 0.344 e. The number of fused-ring (bicyclic) bond motifs is 6. The van der Waals surface area contributed by atoms with E-state index in [4.69, 9.17) is 13.6 Å². The number of benzene rings is 2. The zero-order chi connectivity index (χ0) is 17.1. The third-order valence-corrected chi connectivity index (χ3v) is 5.36. The Hall–Kier alpha value is -2.75. The highest BCUT2D eigenvalue weighted by atomic mass is 16.5. The Kier molecular flexibility index (Phi) is 2.99. The molecule has 25 heavy (non-hydrogen) atoms. The van der Waals surface area contributed by atoms with E-state index in [1.807, 2.05) is 19.1 Å². The molecule has 0 atom stereocenters. The van der Waals surface area contributed by atoms with Gasteiger partial charge < -0.3 is 13.6 Å². The Labute approximate surface area is 144 Å². The molecule has 0 fully saturated rings. The van der Waals surface area contributed by atoms with Crippen LogP contribution in [0.15, 0.2) is 37.9 Å². The molecule has 2 heterocycles. The molecule has 0 spiro atoms. The summed E-state index contributed by atoms with van der Waals surface area (Å²) >= 11 is 0. The van der Waals surface area contributed by atoms with Gasteiger partial charge in [0, 0.05) is 33.7 Å².